The van der Waals surface area contributed by atoms with Gasteiger partial charge in [0.1, 0.15) is 5.75 Å². The first-order valence-electron chi connectivity index (χ1n) is 12.2. The van der Waals surface area contributed by atoms with Gasteiger partial charge in [0.05, 0.1) is 11.5 Å². The maximum absolute atomic E-state index is 13.2. The summed E-state index contributed by atoms with van der Waals surface area (Å²) in [4.78, 5) is 26.6. The maximum atomic E-state index is 13.2. The molecular weight excluding hydrogens is 504 g/mol. The highest BCUT2D eigenvalue weighted by Crippen LogP contribution is 2.35. The molecule has 3 rings (SSSR count). The van der Waals surface area contributed by atoms with Gasteiger partial charge in [-0.1, -0.05) is 38.3 Å². The molecule has 0 unspecified atom stereocenters. The number of ether oxygens (including phenoxy) is 2. The van der Waals surface area contributed by atoms with E-state index in [9.17, 15) is 18.0 Å². The number of rotatable bonds is 11. The number of allylic oxidation sites excluding steroid dienone is 1. The molecule has 0 spiro atoms. The number of carbonyl (C=O) groups is 2. The summed E-state index contributed by atoms with van der Waals surface area (Å²) in [6.45, 7) is 6.91. The molecule has 206 valence electrons. The van der Waals surface area contributed by atoms with Crippen LogP contribution in [0.1, 0.15) is 55.1 Å². The van der Waals surface area contributed by atoms with Crippen molar-refractivity contribution in [2.75, 3.05) is 33.4 Å². The molecule has 38 heavy (non-hydrogen) atoms. The van der Waals surface area contributed by atoms with Gasteiger partial charge in [0.15, 0.2) is 14.6 Å². The van der Waals surface area contributed by atoms with Gasteiger partial charge >= 0.3 is 0 Å². The van der Waals surface area contributed by atoms with Gasteiger partial charge in [-0.15, -0.1) is 0 Å². The molecule has 0 radical (unpaired) electrons. The van der Waals surface area contributed by atoms with Crippen LogP contribution in [0.3, 0.4) is 0 Å². The van der Waals surface area contributed by atoms with E-state index in [0.717, 1.165) is 11.1 Å². The summed E-state index contributed by atoms with van der Waals surface area (Å²) in [6, 6.07) is 11.5. The molecule has 2 aromatic carbocycles. The third-order valence-corrected chi connectivity index (χ3v) is 9.08. The number of carbonyl (C=O) groups excluding carboxylic acids is 2. The second kappa shape index (κ2) is 13.4. The van der Waals surface area contributed by atoms with Crippen LogP contribution >= 0.6 is 0 Å². The van der Waals surface area contributed by atoms with Gasteiger partial charge in [-0.05, 0) is 73.7 Å². The molecule has 0 aromatic heterocycles. The molecule has 1 fully saturated rings. The van der Waals surface area contributed by atoms with Crippen molar-refractivity contribution in [1.82, 2.24) is 4.90 Å². The standard InChI is InChI=1S/C28H34N2O6S.CH4/c1-4-7-22-8-9-23(20-21(22)5-2)26(31)30(3)16-6-17-36-24-10-12-25(13-11-24)37(33,34)28(27(29)32)14-18-35-19-15-28;/h4-5,7-13,20H,2,6,14-19H2,1,3H3,(H2,29,32);1H4/b7-4-;. The van der Waals surface area contributed by atoms with E-state index in [1.165, 1.54) is 12.1 Å². The Labute approximate surface area is 226 Å². The Hall–Kier alpha value is -3.43. The van der Waals surface area contributed by atoms with E-state index in [1.54, 1.807) is 36.2 Å². The van der Waals surface area contributed by atoms with E-state index in [4.69, 9.17) is 15.2 Å². The lowest BCUT2D eigenvalue weighted by Gasteiger charge is -2.33. The zero-order valence-electron chi connectivity index (χ0n) is 21.3. The molecule has 1 heterocycles. The van der Waals surface area contributed by atoms with Gasteiger partial charge in [0.25, 0.3) is 5.91 Å². The molecule has 9 heteroatoms. The first-order valence-corrected chi connectivity index (χ1v) is 13.6. The highest BCUT2D eigenvalue weighted by atomic mass is 32.2. The Morgan fingerprint density at radius 2 is 1.79 bits per heavy atom. The minimum atomic E-state index is -3.99. The van der Waals surface area contributed by atoms with Gasteiger partial charge in [0, 0.05) is 32.4 Å². The van der Waals surface area contributed by atoms with E-state index in [1.807, 2.05) is 31.2 Å². The number of amides is 2. The fourth-order valence-electron chi connectivity index (χ4n) is 4.32. The number of nitrogens with two attached hydrogens (primary N) is 1. The second-order valence-electron chi connectivity index (χ2n) is 8.92. The van der Waals surface area contributed by atoms with Crippen LogP contribution in [-0.4, -0.2) is 63.3 Å². The Morgan fingerprint density at radius 1 is 1.13 bits per heavy atom. The lowest BCUT2D eigenvalue weighted by molar-refractivity contribution is -0.122. The summed E-state index contributed by atoms with van der Waals surface area (Å²) in [6.07, 6.45) is 6.28. The zero-order chi connectivity index (χ0) is 27.1. The average Bonchev–Trinajstić information content (AvgIpc) is 2.91. The molecule has 2 N–H and O–H groups in total. The molecule has 0 bridgehead atoms. The van der Waals surface area contributed by atoms with Crippen molar-refractivity contribution in [2.24, 2.45) is 5.73 Å². The lowest BCUT2D eigenvalue weighted by Crippen LogP contribution is -2.53. The van der Waals surface area contributed by atoms with Crippen LogP contribution in [0.5, 0.6) is 5.75 Å². The van der Waals surface area contributed by atoms with Crippen molar-refractivity contribution in [3.63, 3.8) is 0 Å². The van der Waals surface area contributed by atoms with Gasteiger partial charge in [-0.3, -0.25) is 9.59 Å². The van der Waals surface area contributed by atoms with E-state index in [-0.39, 0.29) is 44.3 Å². The quantitative estimate of drug-likeness (QED) is 0.422. The summed E-state index contributed by atoms with van der Waals surface area (Å²) in [5, 5.41) is 0. The molecule has 1 saturated heterocycles. The summed E-state index contributed by atoms with van der Waals surface area (Å²) in [7, 11) is -2.25. The highest BCUT2D eigenvalue weighted by Gasteiger charge is 2.51. The molecule has 0 aliphatic carbocycles. The predicted octanol–water partition coefficient (Wildman–Crippen LogP) is 4.35. The van der Waals surface area contributed by atoms with Gasteiger partial charge in [-0.25, -0.2) is 8.42 Å². The number of benzene rings is 2. The molecular formula is C29H38N2O6S. The van der Waals surface area contributed by atoms with E-state index < -0.39 is 20.5 Å². The molecule has 2 amide bonds. The van der Waals surface area contributed by atoms with Crippen molar-refractivity contribution in [3.8, 4) is 5.75 Å². The SMILES string of the molecule is C.C=Cc1cc(C(=O)N(C)CCCOc2ccc(S(=O)(=O)C3(C(N)=O)CCOCC3)cc2)ccc1/C=C\C. The zero-order valence-corrected chi connectivity index (χ0v) is 22.1. The van der Waals surface area contributed by atoms with E-state index >= 15 is 0 Å². The number of hydrogen-bond donors (Lipinski definition) is 1. The smallest absolute Gasteiger partial charge is 0.253 e. The van der Waals surface area contributed by atoms with Crippen molar-refractivity contribution in [1.29, 1.82) is 0 Å². The summed E-state index contributed by atoms with van der Waals surface area (Å²) >= 11 is 0. The first-order chi connectivity index (χ1) is 17.7. The van der Waals surface area contributed by atoms with Crippen molar-refractivity contribution in [3.05, 3.63) is 71.8 Å². The molecule has 1 aliphatic rings. The summed E-state index contributed by atoms with van der Waals surface area (Å²) < 4.78 is 35.8. The maximum Gasteiger partial charge on any atom is 0.253 e. The topological polar surface area (TPSA) is 116 Å². The monoisotopic (exact) mass is 542 g/mol. The van der Waals surface area contributed by atoms with Gasteiger partial charge in [0.2, 0.25) is 5.91 Å². The Kier molecular flexibility index (Phi) is 10.9. The van der Waals surface area contributed by atoms with Gasteiger partial charge < -0.3 is 20.1 Å². The molecule has 2 aromatic rings. The van der Waals surface area contributed by atoms with Crippen molar-refractivity contribution in [2.45, 2.75) is 43.3 Å². The third-order valence-electron chi connectivity index (χ3n) is 6.55. The summed E-state index contributed by atoms with van der Waals surface area (Å²) in [5.74, 6) is -0.464. The predicted molar refractivity (Wildman–Crippen MR) is 151 cm³/mol. The van der Waals surface area contributed by atoms with E-state index in [2.05, 4.69) is 6.58 Å². The number of nitrogens with zero attached hydrogens (tertiary/aromatic N) is 1. The molecule has 1 aliphatic heterocycles. The first kappa shape index (κ1) is 30.8. The van der Waals surface area contributed by atoms with Crippen molar-refractivity contribution >= 4 is 33.8 Å². The average molecular weight is 543 g/mol. The lowest BCUT2D eigenvalue weighted by atomic mass is 9.98. The van der Waals surface area contributed by atoms with Gasteiger partial charge in [-0.2, -0.15) is 0 Å². The fraction of sp³-hybridized carbons (Fsp3) is 0.379. The number of sulfone groups is 1. The van der Waals surface area contributed by atoms with Crippen LogP contribution < -0.4 is 10.5 Å². The Balaban J connectivity index is 0.00000507. The van der Waals surface area contributed by atoms with Crippen LogP contribution in [0.15, 0.2) is 60.0 Å². The van der Waals surface area contributed by atoms with E-state index in [0.29, 0.717) is 30.9 Å². The van der Waals surface area contributed by atoms with Crippen LogP contribution in [0.2, 0.25) is 0 Å². The number of primary amides is 1. The van der Waals surface area contributed by atoms with Crippen LogP contribution in [0, 0.1) is 0 Å². The van der Waals surface area contributed by atoms with Crippen LogP contribution in [0.4, 0.5) is 0 Å². The fourth-order valence-corrected chi connectivity index (χ4v) is 6.23. The minimum Gasteiger partial charge on any atom is -0.494 e. The Morgan fingerprint density at radius 3 is 2.37 bits per heavy atom. The molecule has 0 saturated carbocycles. The normalized spacial score (nSPS) is 14.9. The Bertz CT molecular complexity index is 1260. The van der Waals surface area contributed by atoms with Crippen molar-refractivity contribution < 1.29 is 27.5 Å². The summed E-state index contributed by atoms with van der Waals surface area (Å²) in [5.41, 5.74) is 8.00. The molecule has 0 atom stereocenters. The van der Waals surface area contributed by atoms with Crippen LogP contribution in [-0.2, 0) is 19.4 Å². The third kappa shape index (κ3) is 6.52. The largest absolute Gasteiger partial charge is 0.494 e. The van der Waals surface area contributed by atoms with Crippen LogP contribution in [0.25, 0.3) is 12.2 Å². The second-order valence-corrected chi connectivity index (χ2v) is 11.2. The molecule has 8 nitrogen and oxygen atoms in total. The highest BCUT2D eigenvalue weighted by molar-refractivity contribution is 7.93. The number of hydrogen-bond acceptors (Lipinski definition) is 6. The minimum absolute atomic E-state index is 0.